The van der Waals surface area contributed by atoms with E-state index in [4.69, 9.17) is 5.73 Å². The highest BCUT2D eigenvalue weighted by atomic mass is 16.6. The van der Waals surface area contributed by atoms with Crippen LogP contribution in [0.3, 0.4) is 0 Å². The molecule has 4 aromatic carbocycles. The molecule has 0 spiro atoms. The quantitative estimate of drug-likeness (QED) is 0.227. The van der Waals surface area contributed by atoms with Crippen LogP contribution in [0.5, 0.6) is 0 Å². The van der Waals surface area contributed by atoms with Crippen molar-refractivity contribution >= 4 is 22.1 Å². The van der Waals surface area contributed by atoms with E-state index >= 15 is 0 Å². The molecule has 132 valence electrons. The van der Waals surface area contributed by atoms with Crippen LogP contribution >= 0.6 is 0 Å². The number of anilines is 1. The molecule has 27 heavy (non-hydrogen) atoms. The molecule has 0 atom stereocenters. The fourth-order valence-corrected chi connectivity index (χ4v) is 3.63. The average molecular weight is 354 g/mol. The molecule has 0 fully saturated rings. The predicted octanol–water partition coefficient (Wildman–Crippen LogP) is 5.51. The molecule has 0 heterocycles. The second kappa shape index (κ2) is 6.92. The maximum absolute atomic E-state index is 11.7. The van der Waals surface area contributed by atoms with Crippen molar-refractivity contribution in [3.63, 3.8) is 0 Å². The molecule has 4 rings (SSSR count). The van der Waals surface area contributed by atoms with Gasteiger partial charge in [0.1, 0.15) is 0 Å². The van der Waals surface area contributed by atoms with Crippen molar-refractivity contribution in [3.05, 3.63) is 118 Å². The maximum Gasteiger partial charge on any atom is 0.277 e. The van der Waals surface area contributed by atoms with Gasteiger partial charge in [0.15, 0.2) is 0 Å². The maximum atomic E-state index is 11.7. The molecule has 0 aliphatic heterocycles. The smallest absolute Gasteiger partial charge is 0.277 e. The van der Waals surface area contributed by atoms with Crippen molar-refractivity contribution in [3.8, 4) is 0 Å². The SMILES string of the molecule is Nc1c(C(c2ccccc2)c2ccccc2)cc([N+](=O)[O-])c2ccccc12. The Balaban J connectivity index is 2.05. The molecule has 4 nitrogen and oxygen atoms in total. The zero-order chi connectivity index (χ0) is 18.8. The van der Waals surface area contributed by atoms with Gasteiger partial charge in [-0.3, -0.25) is 10.1 Å². The summed E-state index contributed by atoms with van der Waals surface area (Å²) in [7, 11) is 0. The van der Waals surface area contributed by atoms with Gasteiger partial charge in [0.2, 0.25) is 0 Å². The Kier molecular flexibility index (Phi) is 4.30. The second-order valence-corrected chi connectivity index (χ2v) is 6.46. The molecular weight excluding hydrogens is 336 g/mol. The van der Waals surface area contributed by atoms with Crippen LogP contribution in [0.25, 0.3) is 10.8 Å². The van der Waals surface area contributed by atoms with E-state index in [-0.39, 0.29) is 16.5 Å². The summed E-state index contributed by atoms with van der Waals surface area (Å²) in [6, 6.07) is 28.8. The first-order valence-electron chi connectivity index (χ1n) is 8.72. The van der Waals surface area contributed by atoms with Crippen LogP contribution in [0, 0.1) is 10.1 Å². The standard InChI is InChI=1S/C23H18N2O2/c24-23-19-14-8-7-13-18(19)21(25(26)27)15-20(23)22(16-9-3-1-4-10-16)17-11-5-2-6-12-17/h1-15,22H,24H2. The largest absolute Gasteiger partial charge is 0.398 e. The van der Waals surface area contributed by atoms with Gasteiger partial charge in [0.05, 0.1) is 10.3 Å². The Morgan fingerprint density at radius 2 is 1.22 bits per heavy atom. The minimum Gasteiger partial charge on any atom is -0.398 e. The van der Waals surface area contributed by atoms with E-state index in [1.165, 1.54) is 0 Å². The molecule has 4 aromatic rings. The van der Waals surface area contributed by atoms with Crippen molar-refractivity contribution in [2.24, 2.45) is 0 Å². The molecule has 0 bridgehead atoms. The topological polar surface area (TPSA) is 69.2 Å². The van der Waals surface area contributed by atoms with Gasteiger partial charge in [-0.2, -0.15) is 0 Å². The number of fused-ring (bicyclic) bond motifs is 1. The van der Waals surface area contributed by atoms with E-state index in [1.54, 1.807) is 18.2 Å². The molecule has 0 aromatic heterocycles. The number of nitrogen functional groups attached to an aromatic ring is 1. The van der Waals surface area contributed by atoms with Gasteiger partial charge in [-0.05, 0) is 22.8 Å². The van der Waals surface area contributed by atoms with E-state index in [9.17, 15) is 10.1 Å². The Hall–Kier alpha value is -3.66. The molecule has 0 aliphatic rings. The van der Waals surface area contributed by atoms with Crippen molar-refractivity contribution in [1.82, 2.24) is 0 Å². The second-order valence-electron chi connectivity index (χ2n) is 6.46. The van der Waals surface area contributed by atoms with E-state index in [1.807, 2.05) is 72.8 Å². The van der Waals surface area contributed by atoms with Gasteiger partial charge in [0.25, 0.3) is 5.69 Å². The van der Waals surface area contributed by atoms with Gasteiger partial charge in [-0.1, -0.05) is 78.9 Å². The summed E-state index contributed by atoms with van der Waals surface area (Å²) >= 11 is 0. The van der Waals surface area contributed by atoms with Crippen LogP contribution < -0.4 is 5.73 Å². The first kappa shape index (κ1) is 16.8. The third kappa shape index (κ3) is 3.02. The predicted molar refractivity (Wildman–Crippen MR) is 109 cm³/mol. The number of rotatable bonds is 4. The Morgan fingerprint density at radius 3 is 1.74 bits per heavy atom. The molecule has 4 heteroatoms. The highest BCUT2D eigenvalue weighted by Gasteiger charge is 2.24. The first-order chi connectivity index (χ1) is 13.2. The number of nitrogens with zero attached hydrogens (tertiary/aromatic N) is 1. The number of hydrogen-bond donors (Lipinski definition) is 1. The van der Waals surface area contributed by atoms with Crippen LogP contribution in [0.4, 0.5) is 11.4 Å². The highest BCUT2D eigenvalue weighted by Crippen LogP contribution is 2.41. The lowest BCUT2D eigenvalue weighted by atomic mass is 9.83. The Morgan fingerprint density at radius 1 is 0.741 bits per heavy atom. The Labute approximate surface area is 157 Å². The van der Waals surface area contributed by atoms with Gasteiger partial charge in [0, 0.05) is 23.1 Å². The third-order valence-electron chi connectivity index (χ3n) is 4.87. The van der Waals surface area contributed by atoms with E-state index in [0.29, 0.717) is 16.5 Å². The summed E-state index contributed by atoms with van der Waals surface area (Å²) in [6.07, 6.45) is 0. The van der Waals surface area contributed by atoms with Crippen molar-refractivity contribution in [2.45, 2.75) is 5.92 Å². The summed E-state index contributed by atoms with van der Waals surface area (Å²) in [6.45, 7) is 0. The number of hydrogen-bond acceptors (Lipinski definition) is 3. The molecule has 0 aliphatic carbocycles. The lowest BCUT2D eigenvalue weighted by Crippen LogP contribution is -2.08. The number of nitro groups is 1. The summed E-state index contributed by atoms with van der Waals surface area (Å²) in [5.41, 5.74) is 10.0. The van der Waals surface area contributed by atoms with Crippen LogP contribution in [0.15, 0.2) is 91.0 Å². The van der Waals surface area contributed by atoms with Gasteiger partial charge < -0.3 is 5.73 Å². The number of benzene rings is 4. The van der Waals surface area contributed by atoms with E-state index in [2.05, 4.69) is 0 Å². The molecule has 0 saturated heterocycles. The highest BCUT2D eigenvalue weighted by molar-refractivity contribution is 6.00. The van der Waals surface area contributed by atoms with Crippen LogP contribution in [-0.2, 0) is 0 Å². The Bertz CT molecular complexity index is 1070. The fourth-order valence-electron chi connectivity index (χ4n) is 3.63. The number of non-ortho nitro benzene ring substituents is 1. The molecule has 0 saturated carbocycles. The molecule has 0 radical (unpaired) electrons. The minimum atomic E-state index is -0.335. The third-order valence-corrected chi connectivity index (χ3v) is 4.87. The van der Waals surface area contributed by atoms with Crippen molar-refractivity contribution in [2.75, 3.05) is 5.73 Å². The molecule has 0 amide bonds. The summed E-state index contributed by atoms with van der Waals surface area (Å²) in [5.74, 6) is -0.185. The minimum absolute atomic E-state index is 0.0756. The van der Waals surface area contributed by atoms with Crippen LogP contribution in [-0.4, -0.2) is 4.92 Å². The van der Waals surface area contributed by atoms with Gasteiger partial charge in [-0.15, -0.1) is 0 Å². The number of nitrogens with two attached hydrogens (primary N) is 1. The zero-order valence-electron chi connectivity index (χ0n) is 14.6. The van der Waals surface area contributed by atoms with E-state index in [0.717, 1.165) is 16.7 Å². The lowest BCUT2D eigenvalue weighted by Gasteiger charge is -2.21. The lowest BCUT2D eigenvalue weighted by molar-refractivity contribution is -0.383. The fraction of sp³-hybridized carbons (Fsp3) is 0.0435. The van der Waals surface area contributed by atoms with E-state index < -0.39 is 0 Å². The van der Waals surface area contributed by atoms with Crippen LogP contribution in [0.2, 0.25) is 0 Å². The zero-order valence-corrected chi connectivity index (χ0v) is 14.6. The monoisotopic (exact) mass is 354 g/mol. The summed E-state index contributed by atoms with van der Waals surface area (Å²) in [4.78, 5) is 11.4. The van der Waals surface area contributed by atoms with Crippen molar-refractivity contribution in [1.29, 1.82) is 0 Å². The average Bonchev–Trinajstić information content (AvgIpc) is 2.71. The molecule has 0 unspecified atom stereocenters. The van der Waals surface area contributed by atoms with Crippen molar-refractivity contribution < 1.29 is 4.92 Å². The summed E-state index contributed by atoms with van der Waals surface area (Å²) in [5, 5.41) is 13.0. The van der Waals surface area contributed by atoms with Gasteiger partial charge >= 0.3 is 0 Å². The molecule has 2 N–H and O–H groups in total. The summed E-state index contributed by atoms with van der Waals surface area (Å²) < 4.78 is 0. The number of nitro benzene ring substituents is 1. The molecular formula is C23H18N2O2. The van der Waals surface area contributed by atoms with Crippen LogP contribution in [0.1, 0.15) is 22.6 Å². The normalized spacial score (nSPS) is 11.0. The van der Waals surface area contributed by atoms with Gasteiger partial charge in [-0.25, -0.2) is 0 Å². The first-order valence-corrected chi connectivity index (χ1v) is 8.72.